The van der Waals surface area contributed by atoms with Crippen LogP contribution in [0.2, 0.25) is 0 Å². The molecule has 1 saturated heterocycles. The van der Waals surface area contributed by atoms with E-state index >= 15 is 0 Å². The summed E-state index contributed by atoms with van der Waals surface area (Å²) >= 11 is 0. The fourth-order valence-corrected chi connectivity index (χ4v) is 4.36. The Labute approximate surface area is 240 Å². The molecule has 0 spiro atoms. The van der Waals surface area contributed by atoms with Crippen LogP contribution in [-0.4, -0.2) is 60.0 Å². The number of carbonyl (C=O) groups is 3. The Morgan fingerprint density at radius 3 is 2.45 bits per heavy atom. The van der Waals surface area contributed by atoms with E-state index in [4.69, 9.17) is 4.74 Å². The van der Waals surface area contributed by atoms with Crippen molar-refractivity contribution in [2.45, 2.75) is 63.4 Å². The van der Waals surface area contributed by atoms with Crippen LogP contribution in [0.4, 0.5) is 18.0 Å². The van der Waals surface area contributed by atoms with Gasteiger partial charge in [-0.3, -0.25) is 9.59 Å². The third kappa shape index (κ3) is 10.7. The van der Waals surface area contributed by atoms with E-state index in [-0.39, 0.29) is 53.9 Å². The van der Waals surface area contributed by atoms with Crippen molar-refractivity contribution in [2.75, 3.05) is 6.54 Å². The normalized spacial score (nSPS) is 18.1. The minimum absolute atomic E-state index is 0. The molecule has 1 fully saturated rings. The first kappa shape index (κ1) is 34.1. The Morgan fingerprint density at radius 2 is 1.92 bits per heavy atom. The van der Waals surface area contributed by atoms with Crippen molar-refractivity contribution in [3.63, 3.8) is 0 Å². The topological polar surface area (TPSA) is 174 Å². The second-order valence-corrected chi connectivity index (χ2v) is 10.6. The number of aliphatic hydroxyl groups excluding tert-OH is 1. The Balaban J connectivity index is 0.00000722. The second-order valence-electron chi connectivity index (χ2n) is 9.11. The molecule has 1 aromatic rings. The van der Waals surface area contributed by atoms with Crippen LogP contribution in [0, 0.1) is 11.8 Å². The summed E-state index contributed by atoms with van der Waals surface area (Å²) in [7, 11) is -5.26. The van der Waals surface area contributed by atoms with E-state index in [0.717, 1.165) is 18.2 Å². The Morgan fingerprint density at radius 1 is 1.26 bits per heavy atom. The molecule has 4 atom stereocenters. The molecule has 4 N–H and O–H groups in total. The Hall–Kier alpha value is -1.91. The van der Waals surface area contributed by atoms with Gasteiger partial charge in [0.05, 0.1) is 11.6 Å². The second kappa shape index (κ2) is 14.5. The molecule has 1 aromatic carbocycles. The first-order valence-electron chi connectivity index (χ1n) is 11.4. The number of amides is 3. The SMILES string of the molecule is CC(C)C[C@H](NC(=O)OCc1cccc(C(F)(F)F)c1)C(=O)N[C@@H](C[C@@H]1CCNC1=O)C(O)S(=O)(=O)[O-].[Na+]. The minimum Gasteiger partial charge on any atom is -0.746 e. The number of aliphatic hydroxyl groups is 1. The van der Waals surface area contributed by atoms with Gasteiger partial charge < -0.3 is 30.3 Å². The molecule has 11 nitrogen and oxygen atoms in total. The number of alkyl carbamates (subject to hydrolysis) is 1. The van der Waals surface area contributed by atoms with Crippen LogP contribution >= 0.6 is 0 Å². The van der Waals surface area contributed by atoms with Gasteiger partial charge in [0, 0.05) is 12.5 Å². The largest absolute Gasteiger partial charge is 1.00 e. The smallest absolute Gasteiger partial charge is 0.746 e. The molecule has 208 valence electrons. The van der Waals surface area contributed by atoms with Gasteiger partial charge in [0.2, 0.25) is 11.8 Å². The number of alkyl halides is 3. The average molecular weight is 576 g/mol. The number of hydrogen-bond acceptors (Lipinski definition) is 8. The minimum atomic E-state index is -5.26. The summed E-state index contributed by atoms with van der Waals surface area (Å²) < 4.78 is 77.8. The van der Waals surface area contributed by atoms with Crippen LogP contribution in [0.3, 0.4) is 0 Å². The molecular formula is C22H29F3N3NaO8S. The van der Waals surface area contributed by atoms with Crippen LogP contribution < -0.4 is 45.5 Å². The first-order chi connectivity index (χ1) is 17.1. The average Bonchev–Trinajstić information content (AvgIpc) is 3.19. The van der Waals surface area contributed by atoms with Gasteiger partial charge in [-0.15, -0.1) is 0 Å². The molecular weight excluding hydrogens is 546 g/mol. The van der Waals surface area contributed by atoms with Crippen LogP contribution in [0.5, 0.6) is 0 Å². The van der Waals surface area contributed by atoms with Crippen molar-refractivity contribution in [2.24, 2.45) is 11.8 Å². The summed E-state index contributed by atoms with van der Waals surface area (Å²) in [5.74, 6) is -2.30. The standard InChI is InChI=1S/C22H30F3N3O8S.Na/c1-12(2)8-16(28-21(32)36-11-13-4-3-5-15(9-13)22(23,24)25)19(30)27-17(20(31)37(33,34)35)10-14-6-7-26-18(14)29;/h3-5,9,12,14,16-17,20,31H,6-8,10-11H2,1-2H3,(H,26,29)(H,27,30)(H,28,32)(H,33,34,35);/q;+1/p-1/t14-,16-,17-,20?;/m0./s1. The zero-order valence-electron chi connectivity index (χ0n) is 21.1. The molecule has 16 heteroatoms. The summed E-state index contributed by atoms with van der Waals surface area (Å²) in [6, 6.07) is 1.18. The fraction of sp³-hybridized carbons (Fsp3) is 0.591. The summed E-state index contributed by atoms with van der Waals surface area (Å²) in [5, 5.41) is 17.1. The predicted octanol–water partition coefficient (Wildman–Crippen LogP) is -1.78. The third-order valence-corrected chi connectivity index (χ3v) is 6.53. The quantitative estimate of drug-likeness (QED) is 0.177. The summed E-state index contributed by atoms with van der Waals surface area (Å²) in [4.78, 5) is 37.1. The molecule has 0 saturated carbocycles. The van der Waals surface area contributed by atoms with Gasteiger partial charge in [-0.05, 0) is 42.9 Å². The predicted molar refractivity (Wildman–Crippen MR) is 121 cm³/mol. The molecule has 0 bridgehead atoms. The maximum Gasteiger partial charge on any atom is 1.00 e. The van der Waals surface area contributed by atoms with E-state index in [0.29, 0.717) is 13.0 Å². The van der Waals surface area contributed by atoms with E-state index in [1.807, 2.05) is 0 Å². The zero-order chi connectivity index (χ0) is 28.0. The maximum atomic E-state index is 12.9. The van der Waals surface area contributed by atoms with Crippen molar-refractivity contribution in [1.82, 2.24) is 16.0 Å². The van der Waals surface area contributed by atoms with Crippen LogP contribution in [0.1, 0.15) is 44.2 Å². The van der Waals surface area contributed by atoms with Crippen molar-refractivity contribution in [3.05, 3.63) is 35.4 Å². The van der Waals surface area contributed by atoms with Crippen molar-refractivity contribution in [1.29, 1.82) is 0 Å². The molecule has 2 rings (SSSR count). The van der Waals surface area contributed by atoms with Crippen molar-refractivity contribution < 1.29 is 79.9 Å². The number of nitrogens with one attached hydrogen (secondary N) is 3. The molecule has 0 radical (unpaired) electrons. The molecule has 1 aliphatic heterocycles. The van der Waals surface area contributed by atoms with E-state index in [1.165, 1.54) is 6.07 Å². The molecule has 3 amide bonds. The van der Waals surface area contributed by atoms with E-state index < -0.39 is 69.8 Å². The number of benzene rings is 1. The number of ether oxygens (including phenoxy) is 1. The van der Waals surface area contributed by atoms with Crippen molar-refractivity contribution in [3.8, 4) is 0 Å². The van der Waals surface area contributed by atoms with Crippen molar-refractivity contribution >= 4 is 28.0 Å². The van der Waals surface area contributed by atoms with Crippen LogP contribution in [0.25, 0.3) is 0 Å². The number of carbonyl (C=O) groups excluding carboxylic acids is 3. The maximum absolute atomic E-state index is 12.9. The first-order valence-corrected chi connectivity index (χ1v) is 12.8. The van der Waals surface area contributed by atoms with Gasteiger partial charge in [-0.1, -0.05) is 26.0 Å². The molecule has 0 aromatic heterocycles. The molecule has 38 heavy (non-hydrogen) atoms. The molecule has 1 unspecified atom stereocenters. The zero-order valence-corrected chi connectivity index (χ0v) is 23.9. The Kier molecular flexibility index (Phi) is 13.0. The van der Waals surface area contributed by atoms with Gasteiger partial charge in [0.15, 0.2) is 5.44 Å². The Bertz CT molecular complexity index is 1090. The van der Waals surface area contributed by atoms with Gasteiger partial charge in [0.1, 0.15) is 22.8 Å². The van der Waals surface area contributed by atoms with E-state index in [9.17, 15) is 45.6 Å². The van der Waals surface area contributed by atoms with Gasteiger partial charge in [0.25, 0.3) is 0 Å². The summed E-state index contributed by atoms with van der Waals surface area (Å²) in [6.07, 6.45) is -5.74. The summed E-state index contributed by atoms with van der Waals surface area (Å²) in [6.45, 7) is 3.21. The number of halogens is 3. The third-order valence-electron chi connectivity index (χ3n) is 5.61. The monoisotopic (exact) mass is 575 g/mol. The van der Waals surface area contributed by atoms with E-state index in [1.54, 1.807) is 13.8 Å². The van der Waals surface area contributed by atoms with Crippen LogP contribution in [-0.2, 0) is 37.2 Å². The van der Waals surface area contributed by atoms with Gasteiger partial charge >= 0.3 is 41.8 Å². The number of hydrogen-bond donors (Lipinski definition) is 4. The molecule has 1 aliphatic rings. The number of rotatable bonds is 11. The fourth-order valence-electron chi connectivity index (χ4n) is 3.78. The van der Waals surface area contributed by atoms with Crippen LogP contribution in [0.15, 0.2) is 24.3 Å². The van der Waals surface area contributed by atoms with Gasteiger partial charge in [-0.25, -0.2) is 13.2 Å². The summed E-state index contributed by atoms with van der Waals surface area (Å²) in [5.41, 5.74) is -3.43. The molecule has 1 heterocycles. The van der Waals surface area contributed by atoms with E-state index in [2.05, 4.69) is 16.0 Å². The van der Waals surface area contributed by atoms with Gasteiger partial charge in [-0.2, -0.15) is 13.2 Å². The molecule has 0 aliphatic carbocycles.